The van der Waals surface area contributed by atoms with Crippen molar-refractivity contribution < 1.29 is 9.59 Å². The SMILES string of the molecule is CCc1ccccc1NC(=O)C1(C(=O)Nc2cccc(Cl)c2C)CC1. The number of hydrogen-bond acceptors (Lipinski definition) is 2. The molecule has 0 atom stereocenters. The van der Waals surface area contributed by atoms with Gasteiger partial charge in [0, 0.05) is 16.4 Å². The molecular weight excluding hydrogens is 336 g/mol. The molecule has 2 amide bonds. The van der Waals surface area contributed by atoms with Crippen molar-refractivity contribution in [2.75, 3.05) is 10.6 Å². The van der Waals surface area contributed by atoms with Crippen LogP contribution in [0.3, 0.4) is 0 Å². The molecule has 0 aromatic heterocycles. The summed E-state index contributed by atoms with van der Waals surface area (Å²) >= 11 is 6.10. The van der Waals surface area contributed by atoms with E-state index in [1.807, 2.05) is 38.1 Å². The number of para-hydroxylation sites is 1. The Morgan fingerprint density at radius 1 is 1.00 bits per heavy atom. The largest absolute Gasteiger partial charge is 0.325 e. The number of hydrogen-bond donors (Lipinski definition) is 2. The van der Waals surface area contributed by atoms with Crippen LogP contribution in [0, 0.1) is 12.3 Å². The Morgan fingerprint density at radius 3 is 2.24 bits per heavy atom. The molecule has 0 aliphatic heterocycles. The van der Waals surface area contributed by atoms with Crippen LogP contribution in [0.4, 0.5) is 11.4 Å². The van der Waals surface area contributed by atoms with Crippen molar-refractivity contribution in [3.05, 3.63) is 58.6 Å². The first-order valence-electron chi connectivity index (χ1n) is 8.44. The highest BCUT2D eigenvalue weighted by Gasteiger charge is 2.56. The van der Waals surface area contributed by atoms with E-state index in [2.05, 4.69) is 10.6 Å². The van der Waals surface area contributed by atoms with Crippen molar-refractivity contribution >= 4 is 34.8 Å². The highest BCUT2D eigenvalue weighted by molar-refractivity contribution is 6.31. The van der Waals surface area contributed by atoms with E-state index in [-0.39, 0.29) is 11.8 Å². The third-order valence-corrected chi connectivity index (χ3v) is 5.19. The van der Waals surface area contributed by atoms with Gasteiger partial charge in [0.25, 0.3) is 0 Å². The number of anilines is 2. The van der Waals surface area contributed by atoms with E-state index in [1.165, 1.54) is 0 Å². The van der Waals surface area contributed by atoms with Gasteiger partial charge in [-0.15, -0.1) is 0 Å². The van der Waals surface area contributed by atoms with Crippen molar-refractivity contribution in [1.29, 1.82) is 0 Å². The molecular formula is C20H21ClN2O2. The lowest BCUT2D eigenvalue weighted by atomic mass is 10.0. The van der Waals surface area contributed by atoms with Gasteiger partial charge in [-0.3, -0.25) is 9.59 Å². The minimum atomic E-state index is -0.990. The first-order chi connectivity index (χ1) is 12.0. The first kappa shape index (κ1) is 17.5. The number of benzene rings is 2. The molecule has 0 radical (unpaired) electrons. The molecule has 2 aromatic rings. The second-order valence-electron chi connectivity index (χ2n) is 6.41. The highest BCUT2D eigenvalue weighted by Crippen LogP contribution is 2.48. The molecule has 1 saturated carbocycles. The third kappa shape index (κ3) is 3.40. The average molecular weight is 357 g/mol. The van der Waals surface area contributed by atoms with Gasteiger partial charge < -0.3 is 10.6 Å². The van der Waals surface area contributed by atoms with E-state index in [9.17, 15) is 9.59 Å². The maximum atomic E-state index is 12.8. The van der Waals surface area contributed by atoms with Crippen LogP contribution in [0.25, 0.3) is 0 Å². The second-order valence-corrected chi connectivity index (χ2v) is 6.82. The van der Waals surface area contributed by atoms with Crippen LogP contribution >= 0.6 is 11.6 Å². The Kier molecular flexibility index (Phi) is 4.82. The van der Waals surface area contributed by atoms with Crippen LogP contribution in [-0.4, -0.2) is 11.8 Å². The van der Waals surface area contributed by atoms with Gasteiger partial charge in [-0.1, -0.05) is 42.8 Å². The number of carbonyl (C=O) groups excluding carboxylic acids is 2. The van der Waals surface area contributed by atoms with Crippen LogP contribution in [-0.2, 0) is 16.0 Å². The summed E-state index contributed by atoms with van der Waals surface area (Å²) in [6.07, 6.45) is 1.93. The molecule has 130 valence electrons. The fraction of sp³-hybridized carbons (Fsp3) is 0.300. The Morgan fingerprint density at radius 2 is 1.60 bits per heavy atom. The van der Waals surface area contributed by atoms with Gasteiger partial charge in [0.2, 0.25) is 11.8 Å². The molecule has 0 saturated heterocycles. The predicted molar refractivity (Wildman–Crippen MR) is 101 cm³/mol. The lowest BCUT2D eigenvalue weighted by Crippen LogP contribution is -2.36. The maximum Gasteiger partial charge on any atom is 0.240 e. The smallest absolute Gasteiger partial charge is 0.240 e. The highest BCUT2D eigenvalue weighted by atomic mass is 35.5. The molecule has 0 spiro atoms. The van der Waals surface area contributed by atoms with Gasteiger partial charge >= 0.3 is 0 Å². The monoisotopic (exact) mass is 356 g/mol. The summed E-state index contributed by atoms with van der Waals surface area (Å²) < 4.78 is 0. The molecule has 0 unspecified atom stereocenters. The molecule has 25 heavy (non-hydrogen) atoms. The summed E-state index contributed by atoms with van der Waals surface area (Å²) in [7, 11) is 0. The number of aryl methyl sites for hydroxylation is 1. The predicted octanol–water partition coefficient (Wildman–Crippen LogP) is 4.57. The maximum absolute atomic E-state index is 12.8. The van der Waals surface area contributed by atoms with Crippen molar-refractivity contribution in [2.24, 2.45) is 5.41 Å². The Balaban J connectivity index is 1.76. The van der Waals surface area contributed by atoms with E-state index < -0.39 is 5.41 Å². The fourth-order valence-corrected chi connectivity index (χ4v) is 3.03. The van der Waals surface area contributed by atoms with Crippen LogP contribution in [0.5, 0.6) is 0 Å². The van der Waals surface area contributed by atoms with Crippen molar-refractivity contribution in [3.8, 4) is 0 Å². The van der Waals surface area contributed by atoms with Gasteiger partial charge in [-0.05, 0) is 55.5 Å². The number of amides is 2. The van der Waals surface area contributed by atoms with E-state index in [0.717, 1.165) is 23.2 Å². The Bertz CT molecular complexity index is 828. The number of rotatable bonds is 5. The standard InChI is InChI=1S/C20H21ClN2O2/c1-3-14-7-4-5-9-17(14)23-19(25)20(11-12-20)18(24)22-16-10-6-8-15(21)13(16)2/h4-10H,3,11-12H2,1-2H3,(H,22,24)(H,23,25). The van der Waals surface area contributed by atoms with Crippen molar-refractivity contribution in [2.45, 2.75) is 33.1 Å². The zero-order chi connectivity index (χ0) is 18.0. The summed E-state index contributed by atoms with van der Waals surface area (Å²) in [6.45, 7) is 3.88. The molecule has 1 fully saturated rings. The second kappa shape index (κ2) is 6.89. The lowest BCUT2D eigenvalue weighted by Gasteiger charge is -2.18. The van der Waals surface area contributed by atoms with Crippen LogP contribution < -0.4 is 10.6 Å². The Labute approximate surface area is 152 Å². The van der Waals surface area contributed by atoms with E-state index in [0.29, 0.717) is 23.6 Å². The molecule has 0 heterocycles. The van der Waals surface area contributed by atoms with E-state index >= 15 is 0 Å². The molecule has 5 heteroatoms. The number of halogens is 1. The van der Waals surface area contributed by atoms with Crippen LogP contribution in [0.15, 0.2) is 42.5 Å². The summed E-state index contributed by atoms with van der Waals surface area (Å²) in [5, 5.41) is 6.38. The average Bonchev–Trinajstić information content (AvgIpc) is 3.41. The molecule has 1 aliphatic rings. The first-order valence-corrected chi connectivity index (χ1v) is 8.81. The fourth-order valence-electron chi connectivity index (χ4n) is 2.86. The van der Waals surface area contributed by atoms with Gasteiger partial charge in [-0.2, -0.15) is 0 Å². The zero-order valence-electron chi connectivity index (χ0n) is 14.4. The minimum Gasteiger partial charge on any atom is -0.325 e. The Hall–Kier alpha value is -2.33. The van der Waals surface area contributed by atoms with Gasteiger partial charge in [0.1, 0.15) is 5.41 Å². The lowest BCUT2D eigenvalue weighted by molar-refractivity contribution is -0.131. The van der Waals surface area contributed by atoms with Crippen LogP contribution in [0.1, 0.15) is 30.9 Å². The number of nitrogens with one attached hydrogen (secondary N) is 2. The molecule has 1 aliphatic carbocycles. The third-order valence-electron chi connectivity index (χ3n) is 4.78. The molecule has 3 rings (SSSR count). The van der Waals surface area contributed by atoms with E-state index in [1.54, 1.807) is 18.2 Å². The summed E-state index contributed by atoms with van der Waals surface area (Å²) in [5.41, 5.74) is 2.27. The number of carbonyl (C=O) groups is 2. The van der Waals surface area contributed by atoms with Gasteiger partial charge in [0.05, 0.1) is 0 Å². The van der Waals surface area contributed by atoms with Gasteiger partial charge in [0.15, 0.2) is 0 Å². The van der Waals surface area contributed by atoms with Crippen molar-refractivity contribution in [1.82, 2.24) is 0 Å². The topological polar surface area (TPSA) is 58.2 Å². The van der Waals surface area contributed by atoms with Gasteiger partial charge in [-0.25, -0.2) is 0 Å². The van der Waals surface area contributed by atoms with E-state index in [4.69, 9.17) is 11.6 Å². The zero-order valence-corrected chi connectivity index (χ0v) is 15.1. The molecule has 0 bridgehead atoms. The molecule has 4 nitrogen and oxygen atoms in total. The molecule has 2 N–H and O–H groups in total. The molecule has 2 aromatic carbocycles. The quantitative estimate of drug-likeness (QED) is 0.771. The summed E-state index contributed by atoms with van der Waals surface area (Å²) in [6, 6.07) is 13.0. The minimum absolute atomic E-state index is 0.245. The normalized spacial score (nSPS) is 14.7. The van der Waals surface area contributed by atoms with Crippen molar-refractivity contribution in [3.63, 3.8) is 0 Å². The summed E-state index contributed by atoms with van der Waals surface area (Å²) in [5.74, 6) is -0.519. The van der Waals surface area contributed by atoms with Crippen LogP contribution in [0.2, 0.25) is 5.02 Å². The summed E-state index contributed by atoms with van der Waals surface area (Å²) in [4.78, 5) is 25.5.